The first-order valence-electron chi connectivity index (χ1n) is 12.5. The minimum atomic E-state index is -0.813. The number of nitriles is 1. The summed E-state index contributed by atoms with van der Waals surface area (Å²) in [7, 11) is 0. The van der Waals surface area contributed by atoms with E-state index in [1.807, 2.05) is 31.2 Å². The van der Waals surface area contributed by atoms with E-state index in [-0.39, 0.29) is 17.7 Å². The van der Waals surface area contributed by atoms with Gasteiger partial charge < -0.3 is 10.6 Å². The second kappa shape index (κ2) is 10.4. The Kier molecular flexibility index (Phi) is 6.81. The van der Waals surface area contributed by atoms with E-state index in [1.165, 1.54) is 12.5 Å². The molecule has 0 radical (unpaired) electrons. The molecule has 4 aromatic rings. The van der Waals surface area contributed by atoms with E-state index in [2.05, 4.69) is 41.9 Å². The molecule has 39 heavy (non-hydrogen) atoms. The van der Waals surface area contributed by atoms with Crippen LogP contribution in [0.3, 0.4) is 0 Å². The molecule has 1 fully saturated rings. The first kappa shape index (κ1) is 25.6. The van der Waals surface area contributed by atoms with Crippen molar-refractivity contribution in [3.63, 3.8) is 0 Å². The lowest BCUT2D eigenvalue weighted by atomic mass is 9.90. The smallest absolute Gasteiger partial charge is 0.255 e. The summed E-state index contributed by atoms with van der Waals surface area (Å²) in [5, 5.41) is 23.6. The van der Waals surface area contributed by atoms with Crippen molar-refractivity contribution in [1.82, 2.24) is 25.1 Å². The van der Waals surface area contributed by atoms with Gasteiger partial charge in [0.15, 0.2) is 0 Å². The third kappa shape index (κ3) is 5.78. The van der Waals surface area contributed by atoms with E-state index in [0.29, 0.717) is 34.2 Å². The zero-order chi connectivity index (χ0) is 27.6. The van der Waals surface area contributed by atoms with Crippen molar-refractivity contribution in [3.05, 3.63) is 78.0 Å². The van der Waals surface area contributed by atoms with Crippen LogP contribution in [-0.4, -0.2) is 37.0 Å². The molecule has 1 aliphatic rings. The van der Waals surface area contributed by atoms with Gasteiger partial charge in [-0.2, -0.15) is 10.4 Å². The van der Waals surface area contributed by atoms with Crippen LogP contribution in [-0.2, 0) is 10.2 Å². The number of rotatable bonds is 7. The summed E-state index contributed by atoms with van der Waals surface area (Å²) in [4.78, 5) is 37.9. The van der Waals surface area contributed by atoms with Crippen molar-refractivity contribution >= 4 is 23.3 Å². The van der Waals surface area contributed by atoms with Crippen LogP contribution in [0.5, 0.6) is 0 Å². The molecular formula is C29H26N8O2. The fourth-order valence-corrected chi connectivity index (χ4v) is 3.96. The standard InChI is InChI=1S/C29H26N8O2/c1-17-4-7-21(35-28(39)19-8-9-31-25(11-19)29(2,3)15-30)12-22(17)20-10-24(37-34-14-20)23-13-26(33-16-32-23)36-27(38)18-5-6-18/h4,7-14,16,18H,5-6H2,1-3H3,(H,35,39)(H,32,33,36,38). The maximum absolute atomic E-state index is 13.0. The van der Waals surface area contributed by atoms with Gasteiger partial charge in [0.2, 0.25) is 5.91 Å². The summed E-state index contributed by atoms with van der Waals surface area (Å²) in [6.45, 7) is 5.48. The van der Waals surface area contributed by atoms with Gasteiger partial charge in [-0.05, 0) is 75.1 Å². The number of aromatic nitrogens is 5. The second-order valence-corrected chi connectivity index (χ2v) is 10.0. The molecule has 194 valence electrons. The zero-order valence-corrected chi connectivity index (χ0v) is 21.8. The average Bonchev–Trinajstić information content (AvgIpc) is 3.80. The number of nitrogens with one attached hydrogen (secondary N) is 2. The SMILES string of the molecule is Cc1ccc(NC(=O)c2ccnc(C(C)(C)C#N)c2)cc1-c1cnnc(-c2cc(NC(=O)C3CC3)ncn2)c1. The summed E-state index contributed by atoms with van der Waals surface area (Å²) >= 11 is 0. The molecule has 10 heteroatoms. The minimum Gasteiger partial charge on any atom is -0.322 e. The van der Waals surface area contributed by atoms with Crippen LogP contribution in [0.15, 0.2) is 61.2 Å². The number of carbonyl (C=O) groups excluding carboxylic acids is 2. The fourth-order valence-electron chi connectivity index (χ4n) is 3.96. The van der Waals surface area contributed by atoms with Crippen molar-refractivity contribution in [2.24, 2.45) is 5.92 Å². The number of amides is 2. The van der Waals surface area contributed by atoms with Crippen molar-refractivity contribution in [2.75, 3.05) is 10.6 Å². The molecule has 3 aromatic heterocycles. The zero-order valence-electron chi connectivity index (χ0n) is 21.8. The topological polar surface area (TPSA) is 146 Å². The number of carbonyl (C=O) groups is 2. The van der Waals surface area contributed by atoms with Gasteiger partial charge in [0.1, 0.15) is 17.8 Å². The Labute approximate surface area is 225 Å². The molecule has 1 saturated carbocycles. The average molecular weight is 519 g/mol. The Morgan fingerprint density at radius 2 is 1.82 bits per heavy atom. The lowest BCUT2D eigenvalue weighted by Crippen LogP contribution is -2.18. The number of hydrogen-bond acceptors (Lipinski definition) is 8. The maximum Gasteiger partial charge on any atom is 0.255 e. The first-order valence-corrected chi connectivity index (χ1v) is 12.5. The molecule has 1 aliphatic carbocycles. The monoisotopic (exact) mass is 518 g/mol. The lowest BCUT2D eigenvalue weighted by molar-refractivity contribution is -0.117. The molecule has 2 amide bonds. The molecule has 0 bridgehead atoms. The van der Waals surface area contributed by atoms with Gasteiger partial charge >= 0.3 is 0 Å². The van der Waals surface area contributed by atoms with E-state index >= 15 is 0 Å². The van der Waals surface area contributed by atoms with Gasteiger partial charge in [0.05, 0.1) is 29.1 Å². The summed E-state index contributed by atoms with van der Waals surface area (Å²) in [5.41, 5.74) is 4.41. The Bertz CT molecular complexity index is 1620. The quantitative estimate of drug-likeness (QED) is 0.358. The molecule has 0 aliphatic heterocycles. The number of benzene rings is 1. The van der Waals surface area contributed by atoms with Crippen LogP contribution < -0.4 is 10.6 Å². The van der Waals surface area contributed by atoms with Crippen LogP contribution in [0.2, 0.25) is 0 Å². The molecule has 1 aromatic carbocycles. The Hall–Kier alpha value is -5.04. The molecule has 3 heterocycles. The number of anilines is 2. The fraction of sp³-hybridized carbons (Fsp3) is 0.241. The van der Waals surface area contributed by atoms with E-state index in [1.54, 1.807) is 38.2 Å². The minimum absolute atomic E-state index is 0.0364. The predicted molar refractivity (Wildman–Crippen MR) is 145 cm³/mol. The van der Waals surface area contributed by atoms with Crippen LogP contribution in [0.1, 0.15) is 48.3 Å². The van der Waals surface area contributed by atoms with Gasteiger partial charge in [-0.3, -0.25) is 14.6 Å². The third-order valence-electron chi connectivity index (χ3n) is 6.53. The van der Waals surface area contributed by atoms with Gasteiger partial charge in [0.25, 0.3) is 5.91 Å². The number of pyridine rings is 1. The summed E-state index contributed by atoms with van der Waals surface area (Å²) in [6, 6.07) is 14.6. The molecule has 10 nitrogen and oxygen atoms in total. The van der Waals surface area contributed by atoms with Crippen LogP contribution in [0.25, 0.3) is 22.5 Å². The van der Waals surface area contributed by atoms with Crippen LogP contribution in [0.4, 0.5) is 11.5 Å². The second-order valence-electron chi connectivity index (χ2n) is 10.0. The number of nitrogens with zero attached hydrogens (tertiary/aromatic N) is 6. The van der Waals surface area contributed by atoms with Crippen LogP contribution >= 0.6 is 0 Å². The summed E-state index contributed by atoms with van der Waals surface area (Å²) < 4.78 is 0. The van der Waals surface area contributed by atoms with Crippen LogP contribution in [0, 0.1) is 24.2 Å². The van der Waals surface area contributed by atoms with Gasteiger partial charge in [-0.15, -0.1) is 5.10 Å². The van der Waals surface area contributed by atoms with Crippen molar-refractivity contribution in [1.29, 1.82) is 5.26 Å². The van der Waals surface area contributed by atoms with Crippen molar-refractivity contribution < 1.29 is 9.59 Å². The highest BCUT2D eigenvalue weighted by Crippen LogP contribution is 2.31. The van der Waals surface area contributed by atoms with Crippen molar-refractivity contribution in [3.8, 4) is 28.6 Å². The number of hydrogen-bond donors (Lipinski definition) is 2. The van der Waals surface area contributed by atoms with Gasteiger partial charge in [-0.1, -0.05) is 6.07 Å². The van der Waals surface area contributed by atoms with E-state index < -0.39 is 5.41 Å². The van der Waals surface area contributed by atoms with Gasteiger partial charge in [-0.25, -0.2) is 9.97 Å². The molecular weight excluding hydrogens is 492 g/mol. The molecule has 2 N–H and O–H groups in total. The molecule has 0 atom stereocenters. The number of aryl methyl sites for hydroxylation is 1. The molecule has 0 saturated heterocycles. The van der Waals surface area contributed by atoms with E-state index in [0.717, 1.165) is 29.5 Å². The summed E-state index contributed by atoms with van der Waals surface area (Å²) in [6.07, 6.45) is 6.37. The third-order valence-corrected chi connectivity index (χ3v) is 6.53. The van der Waals surface area contributed by atoms with E-state index in [4.69, 9.17) is 0 Å². The highest BCUT2D eigenvalue weighted by Gasteiger charge is 2.30. The normalized spacial score (nSPS) is 12.9. The van der Waals surface area contributed by atoms with E-state index in [9.17, 15) is 14.9 Å². The van der Waals surface area contributed by atoms with Crippen molar-refractivity contribution in [2.45, 2.75) is 39.0 Å². The Morgan fingerprint density at radius 1 is 1.00 bits per heavy atom. The molecule has 5 rings (SSSR count). The van der Waals surface area contributed by atoms with Gasteiger partial charge in [0, 0.05) is 35.0 Å². The molecule has 0 unspecified atom stereocenters. The maximum atomic E-state index is 13.0. The highest BCUT2D eigenvalue weighted by molar-refractivity contribution is 6.04. The predicted octanol–water partition coefficient (Wildman–Crippen LogP) is 4.71. The largest absolute Gasteiger partial charge is 0.322 e. The Morgan fingerprint density at radius 3 is 2.59 bits per heavy atom. The first-order chi connectivity index (χ1) is 18.7. The highest BCUT2D eigenvalue weighted by atomic mass is 16.2. The summed E-state index contributed by atoms with van der Waals surface area (Å²) in [5.74, 6) is 0.137. The molecule has 0 spiro atoms. The lowest BCUT2D eigenvalue weighted by Gasteiger charge is -2.15. The Balaban J connectivity index is 1.38.